The number of aromatic nitrogens is 3. The van der Waals surface area contributed by atoms with Crippen LogP contribution in [0.3, 0.4) is 0 Å². The molecule has 0 spiro atoms. The molecule has 2 aromatic carbocycles. The quantitative estimate of drug-likeness (QED) is 0.560. The maximum absolute atomic E-state index is 13.9. The number of nitrogens with zero attached hydrogens (tertiary/aromatic N) is 2. The van der Waals surface area contributed by atoms with Gasteiger partial charge in [-0.3, -0.25) is 4.79 Å². The lowest BCUT2D eigenvalue weighted by molar-refractivity contribution is -0.266. The van der Waals surface area contributed by atoms with Crippen molar-refractivity contribution in [3.63, 3.8) is 0 Å². The predicted octanol–water partition coefficient (Wildman–Crippen LogP) is 3.53. The van der Waals surface area contributed by atoms with E-state index in [-0.39, 0.29) is 16.5 Å². The van der Waals surface area contributed by atoms with E-state index in [0.717, 1.165) is 11.3 Å². The molecule has 0 saturated heterocycles. The molecule has 0 bridgehead atoms. The fraction of sp³-hybridized carbons (Fsp3) is 0.167. The largest absolute Gasteiger partial charge is 0.424 e. The topological polar surface area (TPSA) is 78.9 Å². The summed E-state index contributed by atoms with van der Waals surface area (Å²) in [4.78, 5) is 15.9. The van der Waals surface area contributed by atoms with Crippen molar-refractivity contribution in [3.05, 3.63) is 69.6 Å². The lowest BCUT2D eigenvalue weighted by atomic mass is 9.95. The Labute approximate surface area is 154 Å². The molecule has 9 heteroatoms. The number of hydrogen-bond donors (Lipinski definition) is 2. The summed E-state index contributed by atoms with van der Waals surface area (Å²) in [5.74, 6) is 0. The molecule has 0 amide bonds. The lowest BCUT2D eigenvalue weighted by Gasteiger charge is -2.28. The number of aliphatic hydroxyl groups is 1. The van der Waals surface area contributed by atoms with Gasteiger partial charge in [-0.15, -0.1) is 11.3 Å². The fourth-order valence-electron chi connectivity index (χ4n) is 2.89. The van der Waals surface area contributed by atoms with Crippen molar-refractivity contribution in [2.45, 2.75) is 18.2 Å². The van der Waals surface area contributed by atoms with Gasteiger partial charge < -0.3 is 5.11 Å². The van der Waals surface area contributed by atoms with E-state index >= 15 is 0 Å². The molecule has 0 aliphatic heterocycles. The summed E-state index contributed by atoms with van der Waals surface area (Å²) >= 11 is 0.778. The van der Waals surface area contributed by atoms with E-state index in [1.54, 1.807) is 36.4 Å². The number of aromatic amines is 1. The smallest absolute Gasteiger partial charge is 0.374 e. The summed E-state index contributed by atoms with van der Waals surface area (Å²) in [6.45, 7) is 0. The summed E-state index contributed by atoms with van der Waals surface area (Å²) in [6, 6.07) is 12.8. The molecule has 0 aliphatic carbocycles. The lowest BCUT2D eigenvalue weighted by Crippen LogP contribution is -2.44. The molecule has 0 saturated carbocycles. The SMILES string of the molecule is O=c1[nH]nc(C[C@@](O)(c2nc3ccccc3s2)C(F)(F)F)c2ccccc12. The maximum atomic E-state index is 13.9. The Kier molecular flexibility index (Phi) is 4.01. The molecule has 27 heavy (non-hydrogen) atoms. The third-order valence-electron chi connectivity index (χ3n) is 4.31. The molecule has 4 aromatic rings. The number of fused-ring (bicyclic) bond motifs is 2. The van der Waals surface area contributed by atoms with Gasteiger partial charge in [-0.2, -0.15) is 18.3 Å². The summed E-state index contributed by atoms with van der Waals surface area (Å²) in [7, 11) is 0. The molecular formula is C18H12F3N3O2S. The Morgan fingerprint density at radius 2 is 1.70 bits per heavy atom. The highest BCUT2D eigenvalue weighted by molar-refractivity contribution is 7.18. The molecule has 2 heterocycles. The standard InChI is InChI=1S/C18H12F3N3O2S/c19-18(20,21)17(26,16-22-12-7-3-4-8-14(12)27-16)9-13-10-5-1-2-6-11(10)15(25)24-23-13/h1-8,26H,9H2,(H,24,25)/t17-/m1/s1. The number of alkyl halides is 3. The second-order valence-electron chi connectivity index (χ2n) is 6.07. The van der Waals surface area contributed by atoms with E-state index in [4.69, 9.17) is 0 Å². The maximum Gasteiger partial charge on any atom is 0.424 e. The van der Waals surface area contributed by atoms with E-state index in [9.17, 15) is 23.1 Å². The zero-order chi connectivity index (χ0) is 19.2. The van der Waals surface area contributed by atoms with Crippen LogP contribution < -0.4 is 5.56 Å². The third kappa shape index (κ3) is 2.88. The van der Waals surface area contributed by atoms with Gasteiger partial charge in [0.2, 0.25) is 5.60 Å². The second-order valence-corrected chi connectivity index (χ2v) is 7.10. The number of nitrogens with one attached hydrogen (secondary N) is 1. The normalized spacial score (nSPS) is 14.5. The highest BCUT2D eigenvalue weighted by atomic mass is 32.1. The summed E-state index contributed by atoms with van der Waals surface area (Å²) in [6.07, 6.45) is -5.85. The van der Waals surface area contributed by atoms with E-state index in [1.807, 2.05) is 0 Å². The summed E-state index contributed by atoms with van der Waals surface area (Å²) in [5.41, 5.74) is -3.43. The zero-order valence-corrected chi connectivity index (χ0v) is 14.4. The Balaban J connectivity index is 1.89. The zero-order valence-electron chi connectivity index (χ0n) is 13.6. The van der Waals surface area contributed by atoms with Crippen molar-refractivity contribution in [2.75, 3.05) is 0 Å². The fourth-order valence-corrected chi connectivity index (χ4v) is 3.97. The average molecular weight is 391 g/mol. The Hall–Kier alpha value is -2.78. The van der Waals surface area contributed by atoms with Crippen molar-refractivity contribution >= 4 is 32.3 Å². The summed E-state index contributed by atoms with van der Waals surface area (Å²) in [5, 5.41) is 16.6. The molecule has 0 radical (unpaired) electrons. The molecule has 2 N–H and O–H groups in total. The van der Waals surface area contributed by atoms with Gasteiger partial charge in [-0.1, -0.05) is 30.3 Å². The number of rotatable bonds is 3. The van der Waals surface area contributed by atoms with Gasteiger partial charge in [-0.25, -0.2) is 10.1 Å². The Morgan fingerprint density at radius 1 is 1.04 bits per heavy atom. The van der Waals surface area contributed by atoms with Crippen LogP contribution in [-0.4, -0.2) is 26.5 Å². The van der Waals surface area contributed by atoms with Crippen LogP contribution in [-0.2, 0) is 12.0 Å². The first-order valence-electron chi connectivity index (χ1n) is 7.91. The van der Waals surface area contributed by atoms with Crippen LogP contribution in [0.4, 0.5) is 13.2 Å². The predicted molar refractivity (Wildman–Crippen MR) is 95.6 cm³/mol. The van der Waals surface area contributed by atoms with E-state index < -0.39 is 28.8 Å². The van der Waals surface area contributed by atoms with Crippen LogP contribution in [0.5, 0.6) is 0 Å². The monoisotopic (exact) mass is 391 g/mol. The highest BCUT2D eigenvalue weighted by Gasteiger charge is 2.57. The van der Waals surface area contributed by atoms with Gasteiger partial charge in [0, 0.05) is 11.8 Å². The molecule has 0 fully saturated rings. The van der Waals surface area contributed by atoms with Gasteiger partial charge in [0.25, 0.3) is 5.56 Å². The molecule has 5 nitrogen and oxygen atoms in total. The van der Waals surface area contributed by atoms with E-state index in [1.165, 1.54) is 12.1 Å². The van der Waals surface area contributed by atoms with Crippen molar-refractivity contribution in [1.29, 1.82) is 0 Å². The number of para-hydroxylation sites is 1. The second kappa shape index (κ2) is 6.14. The average Bonchev–Trinajstić information content (AvgIpc) is 3.08. The number of hydrogen-bond acceptors (Lipinski definition) is 5. The molecule has 1 atom stereocenters. The molecule has 2 aromatic heterocycles. The first kappa shape index (κ1) is 17.6. The van der Waals surface area contributed by atoms with Crippen molar-refractivity contribution in [1.82, 2.24) is 15.2 Å². The van der Waals surface area contributed by atoms with Gasteiger partial charge in [0.05, 0.1) is 21.3 Å². The van der Waals surface area contributed by atoms with Gasteiger partial charge in [0.15, 0.2) is 0 Å². The third-order valence-corrected chi connectivity index (χ3v) is 5.50. The minimum Gasteiger partial charge on any atom is -0.374 e. The van der Waals surface area contributed by atoms with E-state index in [0.29, 0.717) is 10.2 Å². The van der Waals surface area contributed by atoms with Crippen LogP contribution >= 0.6 is 11.3 Å². The van der Waals surface area contributed by atoms with Crippen LogP contribution in [0.25, 0.3) is 21.0 Å². The molecule has 138 valence electrons. The number of halogens is 3. The first-order chi connectivity index (χ1) is 12.8. The van der Waals surface area contributed by atoms with E-state index in [2.05, 4.69) is 15.2 Å². The van der Waals surface area contributed by atoms with Gasteiger partial charge in [0.1, 0.15) is 5.01 Å². The van der Waals surface area contributed by atoms with Crippen molar-refractivity contribution < 1.29 is 18.3 Å². The van der Waals surface area contributed by atoms with Crippen LogP contribution in [0.15, 0.2) is 53.3 Å². The van der Waals surface area contributed by atoms with Gasteiger partial charge >= 0.3 is 6.18 Å². The van der Waals surface area contributed by atoms with Crippen LogP contribution in [0.1, 0.15) is 10.7 Å². The first-order valence-corrected chi connectivity index (χ1v) is 8.73. The molecule has 0 unspecified atom stereocenters. The summed E-state index contributed by atoms with van der Waals surface area (Å²) < 4.78 is 42.2. The van der Waals surface area contributed by atoms with Crippen molar-refractivity contribution in [3.8, 4) is 0 Å². The Morgan fingerprint density at radius 3 is 2.41 bits per heavy atom. The highest BCUT2D eigenvalue weighted by Crippen LogP contribution is 2.44. The Bertz CT molecular complexity index is 1170. The number of thiazole rings is 1. The van der Waals surface area contributed by atoms with Crippen molar-refractivity contribution in [2.24, 2.45) is 0 Å². The minimum absolute atomic E-state index is 0.0655. The molecule has 0 aliphatic rings. The minimum atomic E-state index is -4.99. The van der Waals surface area contributed by atoms with Crippen LogP contribution in [0, 0.1) is 0 Å². The molecule has 4 rings (SSSR count). The number of benzene rings is 2. The molecular weight excluding hydrogens is 379 g/mol. The number of H-pyrrole nitrogens is 1. The van der Waals surface area contributed by atoms with Gasteiger partial charge in [-0.05, 0) is 18.2 Å². The van der Waals surface area contributed by atoms with Crippen LogP contribution in [0.2, 0.25) is 0 Å².